The number of hydrogen-bond acceptors (Lipinski definition) is 6. The van der Waals surface area contributed by atoms with Gasteiger partial charge in [0, 0.05) is 19.3 Å². The van der Waals surface area contributed by atoms with Crippen molar-refractivity contribution in [2.45, 2.75) is 258 Å². The Balaban J connectivity index is 4.34. The maximum absolute atomic E-state index is 12.8. The van der Waals surface area contributed by atoms with E-state index in [0.29, 0.717) is 19.3 Å². The molecule has 0 aromatic carbocycles. The fraction of sp³-hybridized carbons (Fsp3) is 0.737. The molecule has 6 nitrogen and oxygen atoms in total. The van der Waals surface area contributed by atoms with Crippen molar-refractivity contribution in [3.8, 4) is 0 Å². The second-order valence-electron chi connectivity index (χ2n) is 17.4. The second-order valence-corrected chi connectivity index (χ2v) is 17.4. The van der Waals surface area contributed by atoms with Gasteiger partial charge in [-0.3, -0.25) is 14.4 Å². The molecule has 362 valence electrons. The minimum atomic E-state index is -0.782. The summed E-state index contributed by atoms with van der Waals surface area (Å²) in [6.07, 6.45) is 64.6. The molecule has 0 spiro atoms. The van der Waals surface area contributed by atoms with Crippen molar-refractivity contribution in [1.29, 1.82) is 0 Å². The summed E-state index contributed by atoms with van der Waals surface area (Å²) in [5, 5.41) is 0. The molecule has 0 N–H and O–H groups in total. The number of carbonyl (C=O) groups excluding carboxylic acids is 3. The van der Waals surface area contributed by atoms with Gasteiger partial charge in [-0.05, 0) is 83.5 Å². The molecule has 1 unspecified atom stereocenters. The standard InChI is InChI=1S/C57H98O6/c1-4-7-10-13-16-19-22-24-26-28-29-30-32-33-35-38-41-44-47-50-56(59)62-53-54(52-61-55(58)49-46-43-40-37-21-18-15-12-9-6-3)63-57(60)51-48-45-42-39-36-34-31-27-25-23-20-17-14-11-8-5-2/h7-8,10-11,16-17,19-20,24-27,54H,4-6,9,12-15,18,21-23,28-53H2,1-3H3/b10-7-,11-8-,19-16-,20-17-,26-24-,27-25-. The van der Waals surface area contributed by atoms with Gasteiger partial charge < -0.3 is 14.2 Å². The Hall–Kier alpha value is -3.15. The van der Waals surface area contributed by atoms with Crippen LogP contribution in [0.3, 0.4) is 0 Å². The molecule has 0 heterocycles. The van der Waals surface area contributed by atoms with Crippen molar-refractivity contribution in [1.82, 2.24) is 0 Å². The molecular formula is C57H98O6. The van der Waals surface area contributed by atoms with E-state index in [1.54, 1.807) is 0 Å². The van der Waals surface area contributed by atoms with Crippen molar-refractivity contribution in [2.75, 3.05) is 13.2 Å². The summed E-state index contributed by atoms with van der Waals surface area (Å²) in [6, 6.07) is 0. The van der Waals surface area contributed by atoms with E-state index in [1.165, 1.54) is 103 Å². The molecule has 6 heteroatoms. The van der Waals surface area contributed by atoms with Crippen LogP contribution in [0.2, 0.25) is 0 Å². The monoisotopic (exact) mass is 879 g/mol. The molecule has 0 rings (SSSR count). The molecule has 0 bridgehead atoms. The number of esters is 3. The molecule has 0 radical (unpaired) electrons. The van der Waals surface area contributed by atoms with Crippen molar-refractivity contribution in [3.63, 3.8) is 0 Å². The summed E-state index contributed by atoms with van der Waals surface area (Å²) < 4.78 is 16.8. The Labute approximate surface area is 389 Å². The van der Waals surface area contributed by atoms with Crippen LogP contribution in [-0.2, 0) is 28.6 Å². The van der Waals surface area contributed by atoms with E-state index in [0.717, 1.165) is 109 Å². The summed E-state index contributed by atoms with van der Waals surface area (Å²) in [6.45, 7) is 6.40. The van der Waals surface area contributed by atoms with E-state index >= 15 is 0 Å². The van der Waals surface area contributed by atoms with Gasteiger partial charge in [0.25, 0.3) is 0 Å². The summed E-state index contributed by atoms with van der Waals surface area (Å²) in [5.74, 6) is -0.897. The molecule has 0 aromatic rings. The van der Waals surface area contributed by atoms with Crippen molar-refractivity contribution in [2.24, 2.45) is 0 Å². The average molecular weight is 879 g/mol. The molecule has 1 atom stereocenters. The molecule has 0 fully saturated rings. The van der Waals surface area contributed by atoms with E-state index in [9.17, 15) is 14.4 Å². The summed E-state index contributed by atoms with van der Waals surface area (Å²) in [4.78, 5) is 38.0. The third kappa shape index (κ3) is 49.7. The van der Waals surface area contributed by atoms with Crippen LogP contribution >= 0.6 is 0 Å². The third-order valence-corrected chi connectivity index (χ3v) is 11.2. The SMILES string of the molecule is CC/C=C\C/C=C\C/C=C\CCCCCCCCCCCC(=O)OCC(COC(=O)CCCCCCCCCCCC)OC(=O)CCCCCCCC/C=C\C/C=C\C/C=C\CC. The van der Waals surface area contributed by atoms with E-state index in [1.807, 2.05) is 0 Å². The van der Waals surface area contributed by atoms with Crippen LogP contribution in [-0.4, -0.2) is 37.2 Å². The van der Waals surface area contributed by atoms with E-state index in [4.69, 9.17) is 14.2 Å². The summed E-state index contributed by atoms with van der Waals surface area (Å²) in [5.41, 5.74) is 0. The van der Waals surface area contributed by atoms with Gasteiger partial charge in [-0.2, -0.15) is 0 Å². The highest BCUT2D eigenvalue weighted by molar-refractivity contribution is 5.71. The molecule has 0 aromatic heterocycles. The maximum Gasteiger partial charge on any atom is 0.306 e. The highest BCUT2D eigenvalue weighted by atomic mass is 16.6. The Kier molecular flexibility index (Phi) is 48.9. The van der Waals surface area contributed by atoms with Crippen LogP contribution in [0.15, 0.2) is 72.9 Å². The Bertz CT molecular complexity index is 1190. The number of rotatable bonds is 47. The molecular weight excluding hydrogens is 781 g/mol. The maximum atomic E-state index is 12.8. The molecule has 0 aliphatic rings. The minimum absolute atomic E-state index is 0.0810. The molecule has 0 amide bonds. The molecule has 63 heavy (non-hydrogen) atoms. The van der Waals surface area contributed by atoms with Crippen molar-refractivity contribution in [3.05, 3.63) is 72.9 Å². The van der Waals surface area contributed by atoms with E-state index in [2.05, 4.69) is 93.7 Å². The van der Waals surface area contributed by atoms with Crippen molar-refractivity contribution < 1.29 is 28.6 Å². The largest absolute Gasteiger partial charge is 0.462 e. The Morgan fingerprint density at radius 3 is 0.968 bits per heavy atom. The first-order valence-corrected chi connectivity index (χ1v) is 26.4. The van der Waals surface area contributed by atoms with Gasteiger partial charge in [-0.15, -0.1) is 0 Å². The van der Waals surface area contributed by atoms with Crippen LogP contribution in [0.25, 0.3) is 0 Å². The normalized spacial score (nSPS) is 12.6. The fourth-order valence-electron chi connectivity index (χ4n) is 7.29. The lowest BCUT2D eigenvalue weighted by Crippen LogP contribution is -2.30. The van der Waals surface area contributed by atoms with Crippen LogP contribution in [0.1, 0.15) is 252 Å². The van der Waals surface area contributed by atoms with Gasteiger partial charge in [-0.1, -0.05) is 222 Å². The number of carbonyl (C=O) groups is 3. The number of hydrogen-bond donors (Lipinski definition) is 0. The highest BCUT2D eigenvalue weighted by Gasteiger charge is 2.19. The zero-order valence-corrected chi connectivity index (χ0v) is 41.3. The number of unbranched alkanes of at least 4 members (excludes halogenated alkanes) is 24. The van der Waals surface area contributed by atoms with Gasteiger partial charge in [0.1, 0.15) is 13.2 Å². The first kappa shape index (κ1) is 59.9. The summed E-state index contributed by atoms with van der Waals surface area (Å²) in [7, 11) is 0. The predicted molar refractivity (Wildman–Crippen MR) is 270 cm³/mol. The first-order chi connectivity index (χ1) is 31.0. The highest BCUT2D eigenvalue weighted by Crippen LogP contribution is 2.15. The molecule has 0 saturated carbocycles. The lowest BCUT2D eigenvalue weighted by atomic mass is 10.1. The summed E-state index contributed by atoms with van der Waals surface area (Å²) >= 11 is 0. The first-order valence-electron chi connectivity index (χ1n) is 26.4. The van der Waals surface area contributed by atoms with E-state index in [-0.39, 0.29) is 31.1 Å². The van der Waals surface area contributed by atoms with Gasteiger partial charge in [0.05, 0.1) is 0 Å². The van der Waals surface area contributed by atoms with E-state index < -0.39 is 6.10 Å². The fourth-order valence-corrected chi connectivity index (χ4v) is 7.29. The quantitative estimate of drug-likeness (QED) is 0.0262. The topological polar surface area (TPSA) is 78.9 Å². The molecule has 0 aliphatic carbocycles. The van der Waals surface area contributed by atoms with Gasteiger partial charge >= 0.3 is 17.9 Å². The molecule has 0 aliphatic heterocycles. The number of allylic oxidation sites excluding steroid dienone is 12. The number of ether oxygens (including phenoxy) is 3. The Morgan fingerprint density at radius 1 is 0.333 bits per heavy atom. The molecule has 0 saturated heterocycles. The van der Waals surface area contributed by atoms with Crippen LogP contribution < -0.4 is 0 Å². The second kappa shape index (κ2) is 51.5. The smallest absolute Gasteiger partial charge is 0.306 e. The van der Waals surface area contributed by atoms with Crippen LogP contribution in [0, 0.1) is 0 Å². The van der Waals surface area contributed by atoms with Gasteiger partial charge in [0.15, 0.2) is 6.10 Å². The minimum Gasteiger partial charge on any atom is -0.462 e. The zero-order valence-electron chi connectivity index (χ0n) is 41.3. The van der Waals surface area contributed by atoms with Crippen LogP contribution in [0.5, 0.6) is 0 Å². The average Bonchev–Trinajstić information content (AvgIpc) is 3.28. The zero-order chi connectivity index (χ0) is 45.8. The lowest BCUT2D eigenvalue weighted by Gasteiger charge is -2.18. The van der Waals surface area contributed by atoms with Crippen molar-refractivity contribution >= 4 is 17.9 Å². The van der Waals surface area contributed by atoms with Crippen LogP contribution in [0.4, 0.5) is 0 Å². The van der Waals surface area contributed by atoms with Gasteiger partial charge in [0.2, 0.25) is 0 Å². The van der Waals surface area contributed by atoms with Gasteiger partial charge in [-0.25, -0.2) is 0 Å². The Morgan fingerprint density at radius 2 is 0.619 bits per heavy atom. The lowest BCUT2D eigenvalue weighted by molar-refractivity contribution is -0.167. The predicted octanol–water partition coefficient (Wildman–Crippen LogP) is 17.4. The third-order valence-electron chi connectivity index (χ3n) is 11.2.